The van der Waals surface area contributed by atoms with Crippen molar-refractivity contribution in [3.05, 3.63) is 66.2 Å². The molecule has 0 aromatic heterocycles. The van der Waals surface area contributed by atoms with Crippen LogP contribution in [0.25, 0.3) is 0 Å². The number of ether oxygens (including phenoxy) is 2. The summed E-state index contributed by atoms with van der Waals surface area (Å²) in [6, 6.07) is 17.5. The van der Waals surface area contributed by atoms with E-state index >= 15 is 0 Å². The molecule has 2 aromatic rings. The van der Waals surface area contributed by atoms with Gasteiger partial charge in [0.25, 0.3) is 0 Å². The number of hydrogen-bond acceptors (Lipinski definition) is 7. The summed E-state index contributed by atoms with van der Waals surface area (Å²) >= 11 is 0. The molecule has 0 spiro atoms. The van der Waals surface area contributed by atoms with Crippen LogP contribution in [0.3, 0.4) is 0 Å². The number of carbonyl (C=O) groups excluding carboxylic acids is 3. The van der Waals surface area contributed by atoms with Crippen molar-refractivity contribution in [2.24, 2.45) is 0 Å². The number of methoxy groups -OCH3 is 2. The molecule has 2 atom stereocenters. The Bertz CT molecular complexity index is 1020. The van der Waals surface area contributed by atoms with E-state index in [0.29, 0.717) is 36.1 Å². The van der Waals surface area contributed by atoms with Crippen LogP contribution < -0.4 is 0 Å². The Balaban J connectivity index is -0.000000285. The van der Waals surface area contributed by atoms with Crippen molar-refractivity contribution >= 4 is 27.2 Å². The van der Waals surface area contributed by atoms with Crippen LogP contribution in [-0.4, -0.2) is 57.9 Å². The highest BCUT2D eigenvalue weighted by molar-refractivity contribution is 7.91. The Morgan fingerprint density at radius 1 is 0.692 bits per heavy atom. The van der Waals surface area contributed by atoms with E-state index in [9.17, 15) is 22.8 Å². The number of carbonyl (C=O) groups is 3. The molecule has 2 aromatic carbocycles. The molecule has 0 saturated carbocycles. The Morgan fingerprint density at radius 3 is 1.51 bits per heavy atom. The molecular formula is C31H52O7S. The first kappa shape index (κ1) is 43.4. The van der Waals surface area contributed by atoms with Gasteiger partial charge in [0, 0.05) is 39.0 Å². The average molecular weight is 569 g/mol. The maximum Gasteiger partial charge on any atom is 0.178 e. The Labute approximate surface area is 238 Å². The average Bonchev–Trinajstić information content (AvgIpc) is 2.85. The lowest BCUT2D eigenvalue weighted by molar-refractivity contribution is -0.120. The summed E-state index contributed by atoms with van der Waals surface area (Å²) in [6.45, 7) is 3.00. The van der Waals surface area contributed by atoms with Crippen LogP contribution in [0.4, 0.5) is 0 Å². The maximum atomic E-state index is 12.0. The molecule has 0 amide bonds. The maximum absolute atomic E-state index is 12.0. The lowest BCUT2D eigenvalue weighted by Gasteiger charge is -2.13. The van der Waals surface area contributed by atoms with Gasteiger partial charge in [0.2, 0.25) is 0 Å². The van der Waals surface area contributed by atoms with Gasteiger partial charge in [0.1, 0.15) is 11.6 Å². The largest absolute Gasteiger partial charge is 0.381 e. The molecule has 7 nitrogen and oxygen atoms in total. The van der Waals surface area contributed by atoms with E-state index in [1.54, 1.807) is 49.6 Å². The molecule has 2 unspecified atom stereocenters. The number of rotatable bonds is 14. The lowest BCUT2D eigenvalue weighted by atomic mass is 10.0. The third kappa shape index (κ3) is 18.3. The second-order valence-corrected chi connectivity index (χ2v) is 10.4. The fourth-order valence-corrected chi connectivity index (χ4v) is 4.72. The van der Waals surface area contributed by atoms with E-state index in [4.69, 9.17) is 9.47 Å². The van der Waals surface area contributed by atoms with Crippen molar-refractivity contribution in [2.45, 2.75) is 92.8 Å². The van der Waals surface area contributed by atoms with Gasteiger partial charge in [-0.25, -0.2) is 8.42 Å². The summed E-state index contributed by atoms with van der Waals surface area (Å²) in [4.78, 5) is 34.1. The standard InChI is InChI=1S/C14H18O3.C13H18O4S.4CH4/c1-11(15)10-13(17-2)8-9-14(16)12-6-4-3-5-7-12;1-11(14)10-12(17-2)8-9-18(15,16)13-6-4-3-5-7-13;;;;/h3-7,13H,8-10H2,1-2H3;3-7,12H,8-10H2,1-2H3;4*1H4. The van der Waals surface area contributed by atoms with Crippen LogP contribution in [0.15, 0.2) is 65.6 Å². The smallest absolute Gasteiger partial charge is 0.178 e. The lowest BCUT2D eigenvalue weighted by Crippen LogP contribution is -2.19. The summed E-state index contributed by atoms with van der Waals surface area (Å²) in [5, 5.41) is 0. The van der Waals surface area contributed by atoms with Gasteiger partial charge in [-0.1, -0.05) is 78.2 Å². The van der Waals surface area contributed by atoms with E-state index in [0.717, 1.165) is 0 Å². The van der Waals surface area contributed by atoms with Gasteiger partial charge >= 0.3 is 0 Å². The molecule has 0 fully saturated rings. The number of sulfone groups is 1. The third-order valence-electron chi connectivity index (χ3n) is 5.30. The molecule has 39 heavy (non-hydrogen) atoms. The molecule has 0 aliphatic heterocycles. The zero-order chi connectivity index (χ0) is 26.3. The number of Topliss-reactive ketones (excluding diaryl/α,β-unsaturated/α-hetero) is 3. The van der Waals surface area contributed by atoms with Crippen molar-refractivity contribution in [1.82, 2.24) is 0 Å². The first-order valence-electron chi connectivity index (χ1n) is 11.5. The molecule has 8 heteroatoms. The van der Waals surface area contributed by atoms with Gasteiger partial charge < -0.3 is 9.47 Å². The van der Waals surface area contributed by atoms with Crippen LogP contribution in [0.1, 0.15) is 86.0 Å². The highest BCUT2D eigenvalue weighted by Gasteiger charge is 2.18. The summed E-state index contributed by atoms with van der Waals surface area (Å²) in [5.41, 5.74) is 0.713. The summed E-state index contributed by atoms with van der Waals surface area (Å²) in [7, 11) is -0.234. The second kappa shape index (κ2) is 23.2. The fraction of sp³-hybridized carbons (Fsp3) is 0.516. The minimum atomic E-state index is -3.29. The minimum absolute atomic E-state index is 0. The van der Waals surface area contributed by atoms with E-state index in [-0.39, 0.29) is 71.4 Å². The molecule has 0 aliphatic rings. The molecule has 2 rings (SSSR count). The van der Waals surface area contributed by atoms with Crippen LogP contribution in [0.5, 0.6) is 0 Å². The molecule has 0 aliphatic carbocycles. The van der Waals surface area contributed by atoms with Crippen molar-refractivity contribution in [3.8, 4) is 0 Å². The van der Waals surface area contributed by atoms with Gasteiger partial charge in [0.05, 0.1) is 22.9 Å². The van der Waals surface area contributed by atoms with Crippen molar-refractivity contribution in [3.63, 3.8) is 0 Å². The molecule has 224 valence electrons. The summed E-state index contributed by atoms with van der Waals surface area (Å²) in [6.07, 6.45) is 1.47. The SMILES string of the molecule is C.C.C.C.COC(CCC(=O)c1ccccc1)CC(C)=O.COC(CCS(=O)(=O)c1ccccc1)CC(C)=O. The fourth-order valence-electron chi connectivity index (χ4n) is 3.34. The zero-order valence-electron chi connectivity index (χ0n) is 20.9. The topological polar surface area (TPSA) is 104 Å². The molecule has 0 heterocycles. The second-order valence-electron chi connectivity index (χ2n) is 8.28. The number of hydrogen-bond donors (Lipinski definition) is 0. The molecule has 0 bridgehead atoms. The van der Waals surface area contributed by atoms with Crippen molar-refractivity contribution in [1.29, 1.82) is 0 Å². The Morgan fingerprint density at radius 2 is 1.10 bits per heavy atom. The first-order valence-corrected chi connectivity index (χ1v) is 13.1. The molecule has 0 saturated heterocycles. The first-order chi connectivity index (χ1) is 16.6. The normalized spacial score (nSPS) is 11.4. The highest BCUT2D eigenvalue weighted by Crippen LogP contribution is 2.14. The van der Waals surface area contributed by atoms with Gasteiger partial charge in [-0.05, 0) is 38.8 Å². The van der Waals surface area contributed by atoms with Gasteiger partial charge in [-0.3, -0.25) is 14.4 Å². The predicted molar refractivity (Wildman–Crippen MR) is 162 cm³/mol. The van der Waals surface area contributed by atoms with Gasteiger partial charge in [-0.15, -0.1) is 0 Å². The quantitative estimate of drug-likeness (QED) is 0.225. The molecule has 0 radical (unpaired) electrons. The highest BCUT2D eigenvalue weighted by atomic mass is 32.2. The van der Waals surface area contributed by atoms with E-state index in [2.05, 4.69) is 0 Å². The van der Waals surface area contributed by atoms with E-state index in [1.165, 1.54) is 21.0 Å². The number of ketones is 3. The van der Waals surface area contributed by atoms with Gasteiger partial charge in [-0.2, -0.15) is 0 Å². The predicted octanol–water partition coefficient (Wildman–Crippen LogP) is 7.03. The minimum Gasteiger partial charge on any atom is -0.381 e. The van der Waals surface area contributed by atoms with Gasteiger partial charge in [0.15, 0.2) is 15.6 Å². The van der Waals surface area contributed by atoms with Crippen LogP contribution in [-0.2, 0) is 28.9 Å². The zero-order valence-corrected chi connectivity index (χ0v) is 21.8. The van der Waals surface area contributed by atoms with Crippen molar-refractivity contribution < 1.29 is 32.3 Å². The third-order valence-corrected chi connectivity index (χ3v) is 7.06. The van der Waals surface area contributed by atoms with E-state index < -0.39 is 9.84 Å². The van der Waals surface area contributed by atoms with Crippen LogP contribution in [0.2, 0.25) is 0 Å². The molecular weight excluding hydrogens is 516 g/mol. The van der Waals surface area contributed by atoms with E-state index in [1.807, 2.05) is 18.2 Å². The molecule has 0 N–H and O–H groups in total. The summed E-state index contributed by atoms with van der Waals surface area (Å²) in [5.74, 6) is 0.169. The summed E-state index contributed by atoms with van der Waals surface area (Å²) < 4.78 is 34.3. The van der Waals surface area contributed by atoms with Crippen LogP contribution >= 0.6 is 0 Å². The number of benzene rings is 2. The Hall–Kier alpha value is -2.68. The Kier molecular flexibility index (Phi) is 25.8. The van der Waals surface area contributed by atoms with Crippen molar-refractivity contribution in [2.75, 3.05) is 20.0 Å². The van der Waals surface area contributed by atoms with Crippen LogP contribution in [0, 0.1) is 0 Å². The monoisotopic (exact) mass is 568 g/mol.